The van der Waals surface area contributed by atoms with Gasteiger partial charge in [0.1, 0.15) is 6.61 Å². The zero-order valence-electron chi connectivity index (χ0n) is 16.4. The zero-order chi connectivity index (χ0) is 20.9. The molecule has 156 valence electrons. The Kier molecular flexibility index (Phi) is 6.41. The van der Waals surface area contributed by atoms with E-state index < -0.39 is 0 Å². The first-order chi connectivity index (χ1) is 14.6. The number of ether oxygens (including phenoxy) is 4. The normalized spacial score (nSPS) is 12.0. The molecule has 0 radical (unpaired) electrons. The van der Waals surface area contributed by atoms with Crippen LogP contribution in [0.15, 0.2) is 54.6 Å². The van der Waals surface area contributed by atoms with Gasteiger partial charge in [-0.1, -0.05) is 35.3 Å². The van der Waals surface area contributed by atoms with Gasteiger partial charge in [-0.3, -0.25) is 0 Å². The van der Waals surface area contributed by atoms with Gasteiger partial charge in [-0.05, 0) is 48.9 Å². The van der Waals surface area contributed by atoms with Crippen molar-refractivity contribution in [3.05, 3.63) is 75.8 Å². The van der Waals surface area contributed by atoms with Crippen LogP contribution in [0.1, 0.15) is 18.1 Å². The Balaban J connectivity index is 1.44. The van der Waals surface area contributed by atoms with E-state index in [2.05, 4.69) is 5.32 Å². The van der Waals surface area contributed by atoms with Crippen molar-refractivity contribution in [1.29, 1.82) is 0 Å². The highest BCUT2D eigenvalue weighted by molar-refractivity contribution is 6.35. The van der Waals surface area contributed by atoms with E-state index in [4.69, 9.17) is 42.1 Å². The first-order valence-corrected chi connectivity index (χ1v) is 10.3. The van der Waals surface area contributed by atoms with E-state index in [0.717, 1.165) is 28.3 Å². The fourth-order valence-corrected chi connectivity index (χ4v) is 3.59. The molecule has 0 fully saturated rings. The van der Waals surface area contributed by atoms with E-state index >= 15 is 0 Å². The van der Waals surface area contributed by atoms with Crippen LogP contribution in [-0.2, 0) is 13.2 Å². The minimum Gasteiger partial charge on any atom is -0.490 e. The van der Waals surface area contributed by atoms with Crippen LogP contribution in [0.2, 0.25) is 10.0 Å². The second-order valence-corrected chi connectivity index (χ2v) is 7.44. The van der Waals surface area contributed by atoms with E-state index in [9.17, 15) is 0 Å². The van der Waals surface area contributed by atoms with Crippen molar-refractivity contribution in [2.45, 2.75) is 20.1 Å². The highest BCUT2D eigenvalue weighted by atomic mass is 35.5. The molecule has 30 heavy (non-hydrogen) atoms. The Morgan fingerprint density at radius 2 is 1.70 bits per heavy atom. The number of fused-ring (bicyclic) bond motifs is 1. The summed E-state index contributed by atoms with van der Waals surface area (Å²) in [6.07, 6.45) is 0. The average Bonchev–Trinajstić information content (AvgIpc) is 3.21. The predicted octanol–water partition coefficient (Wildman–Crippen LogP) is 6.31. The molecule has 0 atom stereocenters. The Morgan fingerprint density at radius 1 is 0.900 bits per heavy atom. The lowest BCUT2D eigenvalue weighted by Gasteiger charge is -2.15. The van der Waals surface area contributed by atoms with Crippen LogP contribution in [0.3, 0.4) is 0 Å². The van der Waals surface area contributed by atoms with Gasteiger partial charge in [-0.15, -0.1) is 0 Å². The van der Waals surface area contributed by atoms with Gasteiger partial charge in [0.05, 0.1) is 6.61 Å². The molecule has 0 aromatic heterocycles. The molecule has 1 heterocycles. The molecule has 7 heteroatoms. The largest absolute Gasteiger partial charge is 0.490 e. The fraction of sp³-hybridized carbons (Fsp3) is 0.217. The maximum absolute atomic E-state index is 6.24. The van der Waals surface area contributed by atoms with E-state index in [1.807, 2.05) is 49.4 Å². The number of hydrogen-bond acceptors (Lipinski definition) is 5. The van der Waals surface area contributed by atoms with Crippen LogP contribution in [-0.4, -0.2) is 13.4 Å². The number of halogens is 2. The maximum atomic E-state index is 6.24. The summed E-state index contributed by atoms with van der Waals surface area (Å²) in [7, 11) is 0. The highest BCUT2D eigenvalue weighted by Gasteiger charge is 2.14. The molecule has 0 bridgehead atoms. The third-order valence-corrected chi connectivity index (χ3v) is 5.32. The molecule has 0 aliphatic carbocycles. The molecular formula is C23H21Cl2NO4. The molecule has 5 nitrogen and oxygen atoms in total. The summed E-state index contributed by atoms with van der Waals surface area (Å²) in [6.45, 7) is 3.61. The summed E-state index contributed by atoms with van der Waals surface area (Å²) < 4.78 is 22.5. The second-order valence-electron chi connectivity index (χ2n) is 6.62. The monoisotopic (exact) mass is 445 g/mol. The lowest BCUT2D eigenvalue weighted by atomic mass is 10.2. The predicted molar refractivity (Wildman–Crippen MR) is 118 cm³/mol. The van der Waals surface area contributed by atoms with Crippen LogP contribution >= 0.6 is 23.2 Å². The molecule has 4 rings (SSSR count). The van der Waals surface area contributed by atoms with E-state index in [1.165, 1.54) is 0 Å². The Hall–Kier alpha value is -2.76. The topological polar surface area (TPSA) is 49.0 Å². The Morgan fingerprint density at radius 3 is 2.50 bits per heavy atom. The van der Waals surface area contributed by atoms with Crippen LogP contribution in [0.5, 0.6) is 23.0 Å². The van der Waals surface area contributed by atoms with Gasteiger partial charge in [0.25, 0.3) is 0 Å². The minimum absolute atomic E-state index is 0.257. The highest BCUT2D eigenvalue weighted by Crippen LogP contribution is 2.35. The van der Waals surface area contributed by atoms with Crippen molar-refractivity contribution in [2.24, 2.45) is 0 Å². The quantitative estimate of drug-likeness (QED) is 0.439. The average molecular weight is 446 g/mol. The third-order valence-electron chi connectivity index (χ3n) is 4.61. The van der Waals surface area contributed by atoms with E-state index in [1.54, 1.807) is 12.1 Å². The summed E-state index contributed by atoms with van der Waals surface area (Å²) in [5, 5.41) is 4.53. The van der Waals surface area contributed by atoms with Gasteiger partial charge in [0.2, 0.25) is 6.79 Å². The summed E-state index contributed by atoms with van der Waals surface area (Å²) in [5.74, 6) is 2.82. The van der Waals surface area contributed by atoms with E-state index in [0.29, 0.717) is 34.7 Å². The van der Waals surface area contributed by atoms with Crippen molar-refractivity contribution < 1.29 is 18.9 Å². The molecule has 1 aliphatic rings. The van der Waals surface area contributed by atoms with Crippen LogP contribution < -0.4 is 24.3 Å². The number of benzene rings is 3. The number of hydrogen-bond donors (Lipinski definition) is 1. The number of anilines is 1. The first kappa shape index (κ1) is 20.5. The molecular weight excluding hydrogens is 425 g/mol. The summed E-state index contributed by atoms with van der Waals surface area (Å²) >= 11 is 12.5. The maximum Gasteiger partial charge on any atom is 0.231 e. The van der Waals surface area contributed by atoms with Gasteiger partial charge in [0, 0.05) is 33.9 Å². The molecule has 3 aromatic carbocycles. The Bertz CT molecular complexity index is 1020. The summed E-state index contributed by atoms with van der Waals surface area (Å²) in [6, 6.07) is 17.0. The lowest BCUT2D eigenvalue weighted by Crippen LogP contribution is -2.03. The smallest absolute Gasteiger partial charge is 0.231 e. The van der Waals surface area contributed by atoms with Crippen molar-refractivity contribution >= 4 is 28.9 Å². The molecule has 1 aliphatic heterocycles. The van der Waals surface area contributed by atoms with Gasteiger partial charge >= 0.3 is 0 Å². The van der Waals surface area contributed by atoms with E-state index in [-0.39, 0.29) is 13.4 Å². The molecule has 0 spiro atoms. The van der Waals surface area contributed by atoms with Crippen LogP contribution in [0, 0.1) is 0 Å². The Labute approximate surface area is 185 Å². The number of rotatable bonds is 8. The number of nitrogens with one attached hydrogen (secondary N) is 1. The second kappa shape index (κ2) is 9.37. The van der Waals surface area contributed by atoms with Crippen molar-refractivity contribution in [3.8, 4) is 23.0 Å². The molecule has 3 aromatic rings. The molecule has 0 saturated heterocycles. The third kappa shape index (κ3) is 4.69. The summed E-state index contributed by atoms with van der Waals surface area (Å²) in [4.78, 5) is 0. The lowest BCUT2D eigenvalue weighted by molar-refractivity contribution is 0.174. The fourth-order valence-electron chi connectivity index (χ4n) is 3.08. The molecule has 0 saturated carbocycles. The zero-order valence-corrected chi connectivity index (χ0v) is 17.9. The van der Waals surface area contributed by atoms with Crippen LogP contribution in [0.25, 0.3) is 0 Å². The van der Waals surface area contributed by atoms with Crippen molar-refractivity contribution in [2.75, 3.05) is 18.7 Å². The van der Waals surface area contributed by atoms with Gasteiger partial charge in [0.15, 0.2) is 23.0 Å². The minimum atomic E-state index is 0.257. The molecule has 0 amide bonds. The van der Waals surface area contributed by atoms with Crippen molar-refractivity contribution in [1.82, 2.24) is 0 Å². The SMILES string of the molecule is CCOc1cc(CNc2ccc3c(c2)OCO3)ccc1OCc1c(Cl)cccc1Cl. The standard InChI is InChI=1S/C23H21Cl2NO4/c1-2-27-22-10-15(12-26-16-7-9-21-23(11-16)30-14-29-21)6-8-20(22)28-13-17-18(24)4-3-5-19(17)25/h3-11,26H,2,12-14H2,1H3. The molecule has 0 unspecified atom stereocenters. The van der Waals surface area contributed by atoms with Crippen LogP contribution in [0.4, 0.5) is 5.69 Å². The van der Waals surface area contributed by atoms with Gasteiger partial charge in [-0.25, -0.2) is 0 Å². The van der Waals surface area contributed by atoms with Gasteiger partial charge < -0.3 is 24.3 Å². The molecule has 1 N–H and O–H groups in total. The van der Waals surface area contributed by atoms with Gasteiger partial charge in [-0.2, -0.15) is 0 Å². The van der Waals surface area contributed by atoms with Crippen molar-refractivity contribution in [3.63, 3.8) is 0 Å². The first-order valence-electron chi connectivity index (χ1n) is 9.59. The summed E-state index contributed by atoms with van der Waals surface area (Å²) in [5.41, 5.74) is 2.75.